The molecule has 5 unspecified atom stereocenters. The number of nitrogens with one attached hydrogen (secondary N) is 6. The lowest BCUT2D eigenvalue weighted by Gasteiger charge is -2.29. The summed E-state index contributed by atoms with van der Waals surface area (Å²) in [4.78, 5) is 103. The molecular weight excluding hydrogens is 795 g/mol. The number of nitrogens with two attached hydrogens (primary N) is 3. The van der Waals surface area contributed by atoms with Crippen LogP contribution in [0.4, 0.5) is 0 Å². The number of aryl methyl sites for hydroxylation is 1. The van der Waals surface area contributed by atoms with Gasteiger partial charge in [0.1, 0.15) is 24.2 Å². The molecule has 0 aliphatic carbocycles. The lowest BCUT2D eigenvalue weighted by Crippen LogP contribution is -2.61. The smallest absolute Gasteiger partial charge is 0.426 e. The number of likely N-dealkylation sites (N-methyl/N-ethyl adjacent to an activating group) is 1. The lowest BCUT2D eigenvalue weighted by molar-refractivity contribution is -0.141. The first kappa shape index (κ1) is 51.2. The molecule has 2 aromatic carbocycles. The van der Waals surface area contributed by atoms with E-state index in [0.717, 1.165) is 35.3 Å². The quantitative estimate of drug-likeness (QED) is 0.0246. The van der Waals surface area contributed by atoms with Gasteiger partial charge in [0.2, 0.25) is 35.4 Å². The normalized spacial score (nSPS) is 13.2. The Balaban J connectivity index is 1.98. The standard InChI is InChI=1S/C39H59BN10O11/c1-4-5-8-24-10-12-25(13-11-24)26-14-16-27(17-15-26)35(55)48-29(21-51)37(57)46-23(2)34(54)44-20-32(53)50(3)30(9-6-7-18-41)38(58)49-33(43)39(59)47-28(19-31(42)52)36(56)45-22-40(60)61/h10-17,23,28-30,33,51,60-61H,4-9,18-22,41,43H2,1-3H3,(H2,42,52)(H,44,54)(H,45,56)(H,46,57)(H,47,59)(H,48,55)(H,49,58). The number of carbonyl (C=O) groups is 8. The Morgan fingerprint density at radius 1 is 0.754 bits per heavy atom. The molecule has 8 amide bonds. The monoisotopic (exact) mass is 854 g/mol. The minimum Gasteiger partial charge on any atom is -0.426 e. The van der Waals surface area contributed by atoms with Crippen LogP contribution < -0.4 is 49.1 Å². The van der Waals surface area contributed by atoms with Crippen LogP contribution in [-0.2, 0) is 40.0 Å². The van der Waals surface area contributed by atoms with Gasteiger partial charge in [-0.05, 0) is 74.4 Å². The van der Waals surface area contributed by atoms with E-state index < -0.39 is 111 Å². The molecule has 0 saturated heterocycles. The predicted molar refractivity (Wildman–Crippen MR) is 224 cm³/mol. The number of benzene rings is 2. The van der Waals surface area contributed by atoms with Crippen molar-refractivity contribution in [3.05, 3.63) is 59.7 Å². The van der Waals surface area contributed by atoms with E-state index in [1.165, 1.54) is 19.5 Å². The van der Waals surface area contributed by atoms with E-state index in [2.05, 4.69) is 51.0 Å². The Hall–Kier alpha value is -5.94. The fraction of sp³-hybridized carbons (Fsp3) is 0.487. The average molecular weight is 855 g/mol. The van der Waals surface area contributed by atoms with E-state index in [9.17, 15) is 43.5 Å². The predicted octanol–water partition coefficient (Wildman–Crippen LogP) is -3.75. The summed E-state index contributed by atoms with van der Waals surface area (Å²) in [6.45, 7) is 2.31. The van der Waals surface area contributed by atoms with Gasteiger partial charge in [0.25, 0.3) is 11.8 Å². The van der Waals surface area contributed by atoms with Crippen molar-refractivity contribution in [2.45, 2.75) is 89.1 Å². The van der Waals surface area contributed by atoms with Gasteiger partial charge >= 0.3 is 7.12 Å². The van der Waals surface area contributed by atoms with Crippen LogP contribution in [0.1, 0.15) is 68.3 Å². The fourth-order valence-electron chi connectivity index (χ4n) is 5.77. The molecule has 2 rings (SSSR count). The third-order valence-electron chi connectivity index (χ3n) is 9.40. The van der Waals surface area contributed by atoms with Gasteiger partial charge in [-0.3, -0.25) is 38.4 Å². The summed E-state index contributed by atoms with van der Waals surface area (Å²) in [5.41, 5.74) is 19.9. The van der Waals surface area contributed by atoms with Crippen LogP contribution in [0.15, 0.2) is 48.5 Å². The van der Waals surface area contributed by atoms with Gasteiger partial charge < -0.3 is 69.2 Å². The molecule has 0 saturated carbocycles. The van der Waals surface area contributed by atoms with Crippen molar-refractivity contribution in [2.24, 2.45) is 17.2 Å². The highest BCUT2D eigenvalue weighted by Gasteiger charge is 2.32. The molecule has 61 heavy (non-hydrogen) atoms. The third kappa shape index (κ3) is 17.7. The molecule has 15 N–H and O–H groups in total. The molecule has 21 nitrogen and oxygen atoms in total. The second-order valence-electron chi connectivity index (χ2n) is 14.3. The Labute approximate surface area is 354 Å². The number of carbonyl (C=O) groups excluding carboxylic acids is 8. The molecule has 2 aromatic rings. The summed E-state index contributed by atoms with van der Waals surface area (Å²) in [5, 5.41) is 41.6. The second-order valence-corrected chi connectivity index (χ2v) is 14.3. The molecule has 5 atom stereocenters. The molecule has 0 bridgehead atoms. The Bertz CT molecular complexity index is 1800. The third-order valence-corrected chi connectivity index (χ3v) is 9.40. The SMILES string of the molecule is CCCCc1ccc(-c2ccc(C(=O)NC(CO)C(=O)NC(C)C(=O)NCC(=O)N(C)C(CCCCN)C(=O)NC(N)C(=O)NC(CC(N)=O)C(=O)NCB(O)O)cc2)cc1. The summed E-state index contributed by atoms with van der Waals surface area (Å²) in [6, 6.07) is 9.41. The zero-order valence-electron chi connectivity index (χ0n) is 34.6. The Morgan fingerprint density at radius 3 is 1.93 bits per heavy atom. The van der Waals surface area contributed by atoms with Gasteiger partial charge in [-0.25, -0.2) is 0 Å². The van der Waals surface area contributed by atoms with Crippen LogP contribution in [0.2, 0.25) is 0 Å². The number of aliphatic hydroxyl groups excluding tert-OH is 1. The summed E-state index contributed by atoms with van der Waals surface area (Å²) < 4.78 is 0. The van der Waals surface area contributed by atoms with Gasteiger partial charge in [0.15, 0.2) is 6.17 Å². The Morgan fingerprint density at radius 2 is 1.38 bits per heavy atom. The van der Waals surface area contributed by atoms with E-state index in [1.54, 1.807) is 24.3 Å². The van der Waals surface area contributed by atoms with Crippen LogP contribution in [0, 0.1) is 0 Å². The number of aliphatic hydroxyl groups is 1. The lowest BCUT2D eigenvalue weighted by atomic mass is 9.92. The highest BCUT2D eigenvalue weighted by atomic mass is 16.4. The summed E-state index contributed by atoms with van der Waals surface area (Å²) in [7, 11) is -0.649. The average Bonchev–Trinajstić information content (AvgIpc) is 3.23. The summed E-state index contributed by atoms with van der Waals surface area (Å²) >= 11 is 0. The minimum atomic E-state index is -1.92. The van der Waals surface area contributed by atoms with E-state index in [-0.39, 0.29) is 18.5 Å². The van der Waals surface area contributed by atoms with Gasteiger partial charge in [-0.2, -0.15) is 0 Å². The van der Waals surface area contributed by atoms with Crippen LogP contribution in [0.5, 0.6) is 0 Å². The maximum Gasteiger partial charge on any atom is 0.472 e. The Kier molecular flexibility index (Phi) is 22.1. The van der Waals surface area contributed by atoms with E-state index in [1.807, 2.05) is 12.1 Å². The molecule has 0 radical (unpaired) electrons. The first-order chi connectivity index (χ1) is 28.9. The molecule has 0 spiro atoms. The first-order valence-electron chi connectivity index (χ1n) is 19.9. The first-order valence-corrected chi connectivity index (χ1v) is 19.9. The zero-order valence-corrected chi connectivity index (χ0v) is 34.6. The number of primary amides is 1. The number of hydrogen-bond acceptors (Lipinski definition) is 13. The molecule has 0 aliphatic rings. The molecular formula is C39H59BN10O11. The van der Waals surface area contributed by atoms with E-state index in [4.69, 9.17) is 27.2 Å². The van der Waals surface area contributed by atoms with Gasteiger partial charge in [0, 0.05) is 12.6 Å². The largest absolute Gasteiger partial charge is 0.472 e. The van der Waals surface area contributed by atoms with Gasteiger partial charge in [-0.15, -0.1) is 0 Å². The minimum absolute atomic E-state index is 0.0571. The fourth-order valence-corrected chi connectivity index (χ4v) is 5.77. The van der Waals surface area contributed by atoms with Gasteiger partial charge in [-0.1, -0.05) is 49.7 Å². The number of nitrogens with zero attached hydrogens (tertiary/aromatic N) is 1. The summed E-state index contributed by atoms with van der Waals surface area (Å²) in [5.74, 6) is -7.04. The molecule has 0 fully saturated rings. The molecule has 334 valence electrons. The highest BCUT2D eigenvalue weighted by Crippen LogP contribution is 2.21. The maximum atomic E-state index is 13.3. The highest BCUT2D eigenvalue weighted by molar-refractivity contribution is 6.41. The maximum absolute atomic E-state index is 13.3. The topological polar surface area (TPSA) is 351 Å². The zero-order chi connectivity index (χ0) is 45.6. The van der Waals surface area contributed by atoms with Gasteiger partial charge in [0.05, 0.1) is 26.0 Å². The van der Waals surface area contributed by atoms with Crippen molar-refractivity contribution < 1.29 is 53.5 Å². The molecule has 0 aromatic heterocycles. The molecule has 0 aliphatic heterocycles. The van der Waals surface area contributed by atoms with Crippen molar-refractivity contribution in [1.82, 2.24) is 36.8 Å². The van der Waals surface area contributed by atoms with Crippen LogP contribution in [-0.4, -0.2) is 138 Å². The number of unbranched alkanes of at least 4 members (excludes halogenated alkanes) is 2. The molecule has 0 heterocycles. The number of hydrogen-bond donors (Lipinski definition) is 12. The molecule has 22 heteroatoms. The van der Waals surface area contributed by atoms with Crippen molar-refractivity contribution in [3.8, 4) is 11.1 Å². The van der Waals surface area contributed by atoms with Crippen LogP contribution in [0.25, 0.3) is 11.1 Å². The van der Waals surface area contributed by atoms with Crippen molar-refractivity contribution in [2.75, 3.05) is 33.2 Å². The van der Waals surface area contributed by atoms with Crippen molar-refractivity contribution >= 4 is 54.4 Å². The summed E-state index contributed by atoms with van der Waals surface area (Å²) in [6.07, 6.45) is 0.991. The number of amides is 8. The van der Waals surface area contributed by atoms with Crippen molar-refractivity contribution in [3.63, 3.8) is 0 Å². The van der Waals surface area contributed by atoms with Crippen LogP contribution in [0.3, 0.4) is 0 Å². The van der Waals surface area contributed by atoms with Crippen LogP contribution >= 0.6 is 0 Å². The van der Waals surface area contributed by atoms with E-state index >= 15 is 0 Å². The van der Waals surface area contributed by atoms with Crippen molar-refractivity contribution in [1.29, 1.82) is 0 Å². The number of rotatable bonds is 26. The second kappa shape index (κ2) is 26.3. The van der Waals surface area contributed by atoms with E-state index in [0.29, 0.717) is 12.8 Å².